The van der Waals surface area contributed by atoms with E-state index in [-0.39, 0.29) is 5.76 Å². The van der Waals surface area contributed by atoms with E-state index >= 15 is 0 Å². The predicted octanol–water partition coefficient (Wildman–Crippen LogP) is 5.25. The molecule has 0 bridgehead atoms. The van der Waals surface area contributed by atoms with Crippen molar-refractivity contribution >= 4 is 50.2 Å². The number of halogens is 1. The first-order valence-corrected chi connectivity index (χ1v) is 9.39. The fraction of sp³-hybridized carbons (Fsp3) is 0.0500. The monoisotopic (exact) mass is 412 g/mol. The van der Waals surface area contributed by atoms with Gasteiger partial charge in [0.05, 0.1) is 27.9 Å². The van der Waals surface area contributed by atoms with Crippen LogP contribution in [0.2, 0.25) is 5.02 Å². The van der Waals surface area contributed by atoms with Crippen LogP contribution in [-0.2, 0) is 4.74 Å². The summed E-state index contributed by atoms with van der Waals surface area (Å²) >= 11 is 7.42. The van der Waals surface area contributed by atoms with Crippen molar-refractivity contribution in [2.24, 2.45) is 0 Å². The van der Waals surface area contributed by atoms with Gasteiger partial charge >= 0.3 is 5.97 Å². The first kappa shape index (κ1) is 18.2. The van der Waals surface area contributed by atoms with Gasteiger partial charge in [-0.1, -0.05) is 35.1 Å². The number of rotatable bonds is 4. The van der Waals surface area contributed by atoms with Crippen LogP contribution in [0.3, 0.4) is 0 Å². The zero-order valence-electron chi connectivity index (χ0n) is 14.6. The lowest BCUT2D eigenvalue weighted by atomic mass is 10.2. The Morgan fingerprint density at radius 1 is 1.14 bits per heavy atom. The number of nitrogens with zero attached hydrogens (tertiary/aromatic N) is 1. The number of hydrogen-bond acceptors (Lipinski definition) is 6. The van der Waals surface area contributed by atoms with E-state index in [0.717, 1.165) is 4.70 Å². The number of amides is 1. The molecule has 2 aromatic carbocycles. The topological polar surface area (TPSA) is 81.4 Å². The van der Waals surface area contributed by atoms with Crippen LogP contribution in [0.1, 0.15) is 20.9 Å². The summed E-state index contributed by atoms with van der Waals surface area (Å²) in [6.07, 6.45) is 0. The number of anilines is 1. The average Bonchev–Trinajstić information content (AvgIpc) is 3.33. The number of thiazole rings is 1. The van der Waals surface area contributed by atoms with Crippen LogP contribution in [-0.4, -0.2) is 24.0 Å². The summed E-state index contributed by atoms with van der Waals surface area (Å²) in [6.45, 7) is 0. The Balaban J connectivity index is 1.55. The Hall–Kier alpha value is -3.16. The van der Waals surface area contributed by atoms with E-state index in [0.29, 0.717) is 32.6 Å². The molecule has 0 radical (unpaired) electrons. The molecule has 28 heavy (non-hydrogen) atoms. The van der Waals surface area contributed by atoms with Crippen molar-refractivity contribution in [1.29, 1.82) is 0 Å². The van der Waals surface area contributed by atoms with Gasteiger partial charge < -0.3 is 9.15 Å². The highest BCUT2D eigenvalue weighted by Crippen LogP contribution is 2.30. The molecule has 0 aliphatic rings. The van der Waals surface area contributed by atoms with Crippen LogP contribution in [0.4, 0.5) is 5.13 Å². The molecule has 6 nitrogen and oxygen atoms in total. The summed E-state index contributed by atoms with van der Waals surface area (Å²) in [7, 11) is 1.32. The number of ether oxygens (including phenoxy) is 1. The molecule has 0 fully saturated rings. The highest BCUT2D eigenvalue weighted by atomic mass is 35.5. The third kappa shape index (κ3) is 3.49. The summed E-state index contributed by atoms with van der Waals surface area (Å²) in [5, 5.41) is 3.65. The third-order valence-corrected chi connectivity index (χ3v) is 5.26. The minimum Gasteiger partial charge on any atom is -0.465 e. The molecule has 4 aromatic rings. The number of esters is 1. The second-order valence-electron chi connectivity index (χ2n) is 5.79. The second kappa shape index (κ2) is 7.46. The number of furan rings is 1. The molecule has 2 heterocycles. The van der Waals surface area contributed by atoms with E-state index in [1.807, 2.05) is 18.2 Å². The maximum absolute atomic E-state index is 12.5. The first-order chi connectivity index (χ1) is 13.5. The zero-order valence-corrected chi connectivity index (χ0v) is 16.1. The molecule has 0 saturated carbocycles. The minimum atomic E-state index is -0.427. The quantitative estimate of drug-likeness (QED) is 0.463. The molecule has 1 amide bonds. The summed E-state index contributed by atoms with van der Waals surface area (Å²) in [6, 6.07) is 15.5. The lowest BCUT2D eigenvalue weighted by Gasteiger charge is -2.00. The van der Waals surface area contributed by atoms with E-state index in [2.05, 4.69) is 10.3 Å². The molecule has 140 valence electrons. The molecule has 8 heteroatoms. The number of nitrogens with one attached hydrogen (secondary N) is 1. The van der Waals surface area contributed by atoms with E-state index in [1.165, 1.54) is 18.4 Å². The Kier molecular flexibility index (Phi) is 4.85. The predicted molar refractivity (Wildman–Crippen MR) is 108 cm³/mol. The lowest BCUT2D eigenvalue weighted by molar-refractivity contribution is 0.0601. The van der Waals surface area contributed by atoms with Crippen molar-refractivity contribution in [3.8, 4) is 11.3 Å². The largest absolute Gasteiger partial charge is 0.465 e. The van der Waals surface area contributed by atoms with Gasteiger partial charge in [-0.3, -0.25) is 10.1 Å². The second-order valence-corrected chi connectivity index (χ2v) is 7.23. The van der Waals surface area contributed by atoms with Gasteiger partial charge in [-0.2, -0.15) is 0 Å². The summed E-state index contributed by atoms with van der Waals surface area (Å²) in [5.74, 6) is -0.207. The Morgan fingerprint density at radius 3 is 2.75 bits per heavy atom. The molecular weight excluding hydrogens is 400 g/mol. The van der Waals surface area contributed by atoms with Crippen molar-refractivity contribution in [1.82, 2.24) is 4.98 Å². The first-order valence-electron chi connectivity index (χ1n) is 8.20. The number of methoxy groups -OCH3 is 1. The number of hydrogen-bond donors (Lipinski definition) is 1. The molecule has 0 aliphatic heterocycles. The molecule has 1 N–H and O–H groups in total. The Labute approximate surface area is 168 Å². The number of aromatic nitrogens is 1. The summed E-state index contributed by atoms with van der Waals surface area (Å²) in [5.41, 5.74) is 1.80. The molecule has 0 aliphatic carbocycles. The smallest absolute Gasteiger partial charge is 0.337 e. The molecular formula is C20H13ClN2O4S. The van der Waals surface area contributed by atoms with Gasteiger partial charge in [0.25, 0.3) is 5.91 Å². The molecule has 4 rings (SSSR count). The molecule has 0 atom stereocenters. The SMILES string of the molecule is COC(=O)c1ccc2nc(NC(=O)c3ccc(-c4ccccc4Cl)o3)sc2c1. The summed E-state index contributed by atoms with van der Waals surface area (Å²) in [4.78, 5) is 28.5. The van der Waals surface area contributed by atoms with Crippen molar-refractivity contribution in [2.75, 3.05) is 12.4 Å². The Morgan fingerprint density at radius 2 is 1.96 bits per heavy atom. The van der Waals surface area contributed by atoms with Crippen LogP contribution >= 0.6 is 22.9 Å². The molecule has 2 aromatic heterocycles. The number of carbonyl (C=O) groups excluding carboxylic acids is 2. The fourth-order valence-corrected chi connectivity index (χ4v) is 3.78. The van der Waals surface area contributed by atoms with Crippen molar-refractivity contribution in [2.45, 2.75) is 0 Å². The van der Waals surface area contributed by atoms with Crippen LogP contribution in [0.15, 0.2) is 59.0 Å². The van der Waals surface area contributed by atoms with Crippen LogP contribution < -0.4 is 5.32 Å². The maximum atomic E-state index is 12.5. The molecule has 0 unspecified atom stereocenters. The highest BCUT2D eigenvalue weighted by molar-refractivity contribution is 7.22. The van der Waals surface area contributed by atoms with Gasteiger partial charge in [-0.05, 0) is 42.5 Å². The van der Waals surface area contributed by atoms with E-state index in [1.54, 1.807) is 36.4 Å². The number of benzene rings is 2. The Bertz CT molecular complexity index is 1200. The van der Waals surface area contributed by atoms with Gasteiger partial charge in [0.1, 0.15) is 5.76 Å². The van der Waals surface area contributed by atoms with Crippen molar-refractivity contribution in [3.63, 3.8) is 0 Å². The molecule has 0 saturated heterocycles. The van der Waals surface area contributed by atoms with Gasteiger partial charge in [0, 0.05) is 5.56 Å². The standard InChI is InChI=1S/C20H13ClN2O4S/c1-26-19(25)11-6-7-14-17(10-11)28-20(22-14)23-18(24)16-9-8-15(27-16)12-4-2-3-5-13(12)21/h2-10H,1H3,(H,22,23,24). The van der Waals surface area contributed by atoms with E-state index in [4.69, 9.17) is 20.8 Å². The minimum absolute atomic E-state index is 0.143. The van der Waals surface area contributed by atoms with Gasteiger partial charge in [-0.15, -0.1) is 0 Å². The number of carbonyl (C=O) groups is 2. The lowest BCUT2D eigenvalue weighted by Crippen LogP contribution is -2.10. The van der Waals surface area contributed by atoms with Crippen LogP contribution in [0.25, 0.3) is 21.5 Å². The third-order valence-electron chi connectivity index (χ3n) is 4.00. The normalized spacial score (nSPS) is 10.8. The maximum Gasteiger partial charge on any atom is 0.337 e. The van der Waals surface area contributed by atoms with Crippen molar-refractivity contribution < 1.29 is 18.7 Å². The van der Waals surface area contributed by atoms with E-state index in [9.17, 15) is 9.59 Å². The van der Waals surface area contributed by atoms with Gasteiger partial charge in [-0.25, -0.2) is 9.78 Å². The van der Waals surface area contributed by atoms with E-state index < -0.39 is 11.9 Å². The van der Waals surface area contributed by atoms with Gasteiger partial charge in [0.15, 0.2) is 10.9 Å². The molecule has 0 spiro atoms. The van der Waals surface area contributed by atoms with Crippen molar-refractivity contribution in [3.05, 3.63) is 70.9 Å². The van der Waals surface area contributed by atoms with Gasteiger partial charge in [0.2, 0.25) is 0 Å². The highest BCUT2D eigenvalue weighted by Gasteiger charge is 2.16. The van der Waals surface area contributed by atoms with Crippen LogP contribution in [0, 0.1) is 0 Å². The number of fused-ring (bicyclic) bond motifs is 1. The fourth-order valence-electron chi connectivity index (χ4n) is 2.65. The zero-order chi connectivity index (χ0) is 19.7. The summed E-state index contributed by atoms with van der Waals surface area (Å²) < 4.78 is 11.1. The average molecular weight is 413 g/mol. The van der Waals surface area contributed by atoms with Crippen LogP contribution in [0.5, 0.6) is 0 Å².